The van der Waals surface area contributed by atoms with E-state index in [0.717, 1.165) is 51.8 Å². The number of non-ortho nitro benzene ring substituents is 1. The Balaban J connectivity index is 0.00000259. The number of carbonyl (C=O) groups excluding carboxylic acids is 1. The van der Waals surface area contributed by atoms with E-state index in [-0.39, 0.29) is 24.0 Å². The van der Waals surface area contributed by atoms with Crippen LogP contribution in [0.15, 0.2) is 48.5 Å². The van der Waals surface area contributed by atoms with Gasteiger partial charge >= 0.3 is 0 Å². The summed E-state index contributed by atoms with van der Waals surface area (Å²) in [6.45, 7) is 4.98. The zero-order valence-electron chi connectivity index (χ0n) is 17.7. The number of hydrogen-bond donors (Lipinski definition) is 1. The number of nitrogens with one attached hydrogen (secondary N) is 1. The predicted octanol–water partition coefficient (Wildman–Crippen LogP) is 5.99. The van der Waals surface area contributed by atoms with Gasteiger partial charge in [-0.1, -0.05) is 19.1 Å². The Morgan fingerprint density at radius 2 is 1.94 bits per heavy atom. The van der Waals surface area contributed by atoms with Crippen molar-refractivity contribution in [2.75, 3.05) is 18.4 Å². The number of halogens is 1. The highest BCUT2D eigenvalue weighted by Gasteiger charge is 2.27. The number of para-hydroxylation sites is 1. The quantitative estimate of drug-likeness (QED) is 0.269. The summed E-state index contributed by atoms with van der Waals surface area (Å²) < 4.78 is 1.11. The summed E-state index contributed by atoms with van der Waals surface area (Å²) in [5, 5.41) is 15.7. The van der Waals surface area contributed by atoms with Gasteiger partial charge in [-0.25, -0.2) is 4.98 Å². The minimum Gasteiger partial charge on any atom is -0.313 e. The van der Waals surface area contributed by atoms with Crippen molar-refractivity contribution in [3.05, 3.63) is 74.6 Å². The molecular formula is C23H21ClN4O3S2. The number of nitro groups is 1. The Morgan fingerprint density at radius 1 is 1.18 bits per heavy atom. The first kappa shape index (κ1) is 23.3. The fourth-order valence-corrected chi connectivity index (χ4v) is 6.33. The van der Waals surface area contributed by atoms with Crippen molar-refractivity contribution in [1.29, 1.82) is 0 Å². The van der Waals surface area contributed by atoms with Crippen LogP contribution in [0.1, 0.15) is 27.7 Å². The molecule has 2 aromatic heterocycles. The molecule has 0 saturated heterocycles. The molecule has 10 heteroatoms. The number of hydrogen-bond acceptors (Lipinski definition) is 7. The van der Waals surface area contributed by atoms with Crippen LogP contribution in [-0.4, -0.2) is 33.8 Å². The average Bonchev–Trinajstić information content (AvgIpc) is 3.38. The number of thiophene rings is 1. The molecule has 33 heavy (non-hydrogen) atoms. The Morgan fingerprint density at radius 3 is 2.64 bits per heavy atom. The fraction of sp³-hybridized carbons (Fsp3) is 0.217. The van der Waals surface area contributed by atoms with Crippen LogP contribution in [0, 0.1) is 10.1 Å². The molecule has 2 aromatic carbocycles. The molecule has 5 rings (SSSR count). The molecule has 0 radical (unpaired) electrons. The topological polar surface area (TPSA) is 88.4 Å². The van der Waals surface area contributed by atoms with Gasteiger partial charge in [0.15, 0.2) is 0 Å². The summed E-state index contributed by atoms with van der Waals surface area (Å²) in [5.74, 6) is -0.284. The Kier molecular flexibility index (Phi) is 6.76. The number of fused-ring (bicyclic) bond motifs is 2. The first-order valence-electron chi connectivity index (χ1n) is 10.3. The van der Waals surface area contributed by atoms with Gasteiger partial charge in [-0.2, -0.15) is 0 Å². The standard InChI is InChI=1S/C23H20N4O3S2.ClH/c1-2-26-12-11-16-19(13-26)32-23(20(16)22-24-17-5-3-4-6-18(17)31-22)25-21(28)14-7-9-15(10-8-14)27(29)30;/h3-10H,2,11-13H2,1H3,(H,25,28);1H. The lowest BCUT2D eigenvalue weighted by atomic mass is 10.0. The number of benzene rings is 2. The first-order chi connectivity index (χ1) is 15.5. The van der Waals surface area contributed by atoms with E-state index in [1.165, 1.54) is 34.7 Å². The number of likely N-dealkylation sites (N-methyl/N-ethyl adjacent to an activating group) is 1. The lowest BCUT2D eigenvalue weighted by Gasteiger charge is -2.25. The van der Waals surface area contributed by atoms with Crippen molar-refractivity contribution in [2.24, 2.45) is 0 Å². The SMILES string of the molecule is CCN1CCc2c(sc(NC(=O)c3ccc([N+](=O)[O-])cc3)c2-c2nc3ccccc3s2)C1.Cl. The highest BCUT2D eigenvalue weighted by molar-refractivity contribution is 7.23. The molecule has 0 atom stereocenters. The van der Waals surface area contributed by atoms with E-state index in [2.05, 4.69) is 23.2 Å². The van der Waals surface area contributed by atoms with E-state index >= 15 is 0 Å². The molecule has 7 nitrogen and oxygen atoms in total. The molecule has 0 spiro atoms. The molecule has 0 bridgehead atoms. The van der Waals surface area contributed by atoms with Crippen LogP contribution in [-0.2, 0) is 13.0 Å². The van der Waals surface area contributed by atoms with Gasteiger partial charge in [0.05, 0.1) is 15.1 Å². The summed E-state index contributed by atoms with van der Waals surface area (Å²) >= 11 is 3.23. The van der Waals surface area contributed by atoms with Crippen LogP contribution in [0.4, 0.5) is 10.7 Å². The zero-order chi connectivity index (χ0) is 22.2. The highest BCUT2D eigenvalue weighted by Crippen LogP contribution is 2.45. The van der Waals surface area contributed by atoms with Crippen molar-refractivity contribution >= 4 is 61.9 Å². The number of carbonyl (C=O) groups is 1. The largest absolute Gasteiger partial charge is 0.313 e. The smallest absolute Gasteiger partial charge is 0.269 e. The normalized spacial score (nSPS) is 13.4. The van der Waals surface area contributed by atoms with E-state index in [1.54, 1.807) is 22.7 Å². The van der Waals surface area contributed by atoms with Crippen molar-refractivity contribution in [3.8, 4) is 10.6 Å². The second-order valence-electron chi connectivity index (χ2n) is 7.57. The van der Waals surface area contributed by atoms with Crippen molar-refractivity contribution < 1.29 is 9.72 Å². The van der Waals surface area contributed by atoms with Gasteiger partial charge < -0.3 is 5.32 Å². The molecule has 4 aromatic rings. The lowest BCUT2D eigenvalue weighted by molar-refractivity contribution is -0.384. The van der Waals surface area contributed by atoms with Crippen LogP contribution in [0.25, 0.3) is 20.8 Å². The molecule has 1 N–H and O–H groups in total. The van der Waals surface area contributed by atoms with E-state index in [4.69, 9.17) is 4.98 Å². The average molecular weight is 501 g/mol. The summed E-state index contributed by atoms with van der Waals surface area (Å²) in [6, 6.07) is 13.7. The Labute approximate surface area is 204 Å². The van der Waals surface area contributed by atoms with Gasteiger partial charge in [0.2, 0.25) is 0 Å². The fourth-order valence-electron chi connectivity index (χ4n) is 3.93. The van der Waals surface area contributed by atoms with Gasteiger partial charge in [-0.05, 0) is 42.8 Å². The molecule has 3 heterocycles. The number of amides is 1. The first-order valence-corrected chi connectivity index (χ1v) is 12.0. The second-order valence-corrected chi connectivity index (χ2v) is 9.71. The molecule has 1 aliphatic rings. The second kappa shape index (κ2) is 9.56. The van der Waals surface area contributed by atoms with Gasteiger partial charge in [0.1, 0.15) is 10.0 Å². The predicted molar refractivity (Wildman–Crippen MR) is 136 cm³/mol. The maximum absolute atomic E-state index is 13.0. The third-order valence-corrected chi connectivity index (χ3v) is 7.84. The summed E-state index contributed by atoms with van der Waals surface area (Å²) in [4.78, 5) is 31.9. The molecule has 0 aliphatic carbocycles. The van der Waals surface area contributed by atoms with Gasteiger partial charge in [0, 0.05) is 41.2 Å². The van der Waals surface area contributed by atoms with Crippen LogP contribution >= 0.6 is 35.1 Å². The van der Waals surface area contributed by atoms with Crippen LogP contribution in [0.5, 0.6) is 0 Å². The maximum Gasteiger partial charge on any atom is 0.269 e. The van der Waals surface area contributed by atoms with Crippen molar-refractivity contribution in [3.63, 3.8) is 0 Å². The van der Waals surface area contributed by atoms with Crippen molar-refractivity contribution in [1.82, 2.24) is 9.88 Å². The van der Waals surface area contributed by atoms with Gasteiger partial charge in [-0.3, -0.25) is 19.8 Å². The monoisotopic (exact) mass is 500 g/mol. The molecular weight excluding hydrogens is 480 g/mol. The third kappa shape index (κ3) is 4.49. The number of thiazole rings is 1. The molecule has 1 aliphatic heterocycles. The number of aromatic nitrogens is 1. The van der Waals surface area contributed by atoms with Crippen LogP contribution in [0.2, 0.25) is 0 Å². The molecule has 0 fully saturated rings. The minimum atomic E-state index is -0.472. The number of nitro benzene ring substituents is 1. The van der Waals surface area contributed by atoms with E-state index in [1.807, 2.05) is 18.2 Å². The minimum absolute atomic E-state index is 0. The summed E-state index contributed by atoms with van der Waals surface area (Å²) in [5.41, 5.74) is 3.57. The molecule has 0 unspecified atom stereocenters. The highest BCUT2D eigenvalue weighted by atomic mass is 35.5. The zero-order valence-corrected chi connectivity index (χ0v) is 20.2. The number of anilines is 1. The third-order valence-electron chi connectivity index (χ3n) is 5.66. The van der Waals surface area contributed by atoms with Gasteiger partial charge in [-0.15, -0.1) is 35.1 Å². The summed E-state index contributed by atoms with van der Waals surface area (Å²) in [7, 11) is 0. The molecule has 170 valence electrons. The Hall–Kier alpha value is -2.85. The van der Waals surface area contributed by atoms with Crippen LogP contribution in [0.3, 0.4) is 0 Å². The molecule has 0 saturated carbocycles. The van der Waals surface area contributed by atoms with E-state index < -0.39 is 4.92 Å². The van der Waals surface area contributed by atoms with Gasteiger partial charge in [0.25, 0.3) is 11.6 Å². The summed E-state index contributed by atoms with van der Waals surface area (Å²) in [6.07, 6.45) is 0.915. The van der Waals surface area contributed by atoms with E-state index in [9.17, 15) is 14.9 Å². The maximum atomic E-state index is 13.0. The Bertz CT molecular complexity index is 1300. The van der Waals surface area contributed by atoms with Crippen LogP contribution < -0.4 is 5.32 Å². The van der Waals surface area contributed by atoms with E-state index in [0.29, 0.717) is 5.56 Å². The number of rotatable bonds is 5. The number of nitrogens with zero attached hydrogens (tertiary/aromatic N) is 3. The lowest BCUT2D eigenvalue weighted by Crippen LogP contribution is -2.29. The van der Waals surface area contributed by atoms with Crippen molar-refractivity contribution in [2.45, 2.75) is 19.9 Å². The molecule has 1 amide bonds.